The molecule has 0 radical (unpaired) electrons. The Morgan fingerprint density at radius 1 is 1.19 bits per heavy atom. The zero-order chi connectivity index (χ0) is 21.7. The number of aromatic nitrogens is 3. The molecule has 5 nitrogen and oxygen atoms in total. The summed E-state index contributed by atoms with van der Waals surface area (Å²) in [6, 6.07) is 10.9. The number of halogens is 4. The van der Waals surface area contributed by atoms with E-state index in [-0.39, 0.29) is 22.9 Å². The standard InChI is InChI=1S/C22H15ClF3N3O2/c23-18-6-5-11(9-27-18)14-10-29-19(8-15(14)24)28-20-16(30)7-13(21(20)29)12-3-1-2-4-17(12)31-22(25)26/h1-6,8-10,13,16,22,30H,7H2/t13-,16-/m1/s1. The van der Waals surface area contributed by atoms with E-state index in [1.54, 1.807) is 40.9 Å². The number of ether oxygens (including phenoxy) is 1. The van der Waals surface area contributed by atoms with E-state index < -0.39 is 24.5 Å². The summed E-state index contributed by atoms with van der Waals surface area (Å²) in [6.07, 6.45) is 2.37. The van der Waals surface area contributed by atoms with Crippen molar-refractivity contribution in [3.8, 4) is 16.9 Å². The first-order chi connectivity index (χ1) is 14.9. The molecule has 0 unspecified atom stereocenters. The molecule has 0 bridgehead atoms. The van der Waals surface area contributed by atoms with Crippen LogP contribution in [-0.4, -0.2) is 26.1 Å². The zero-order valence-electron chi connectivity index (χ0n) is 15.8. The van der Waals surface area contributed by atoms with Gasteiger partial charge < -0.3 is 14.2 Å². The first-order valence-corrected chi connectivity index (χ1v) is 9.85. The molecule has 5 rings (SSSR count). The van der Waals surface area contributed by atoms with Crippen LogP contribution in [0.2, 0.25) is 5.15 Å². The first kappa shape index (κ1) is 19.8. The Kier molecular flexibility index (Phi) is 4.83. The number of imidazole rings is 1. The van der Waals surface area contributed by atoms with Gasteiger partial charge in [0.15, 0.2) is 0 Å². The molecule has 0 aliphatic heterocycles. The van der Waals surface area contributed by atoms with Crippen LogP contribution < -0.4 is 4.74 Å². The van der Waals surface area contributed by atoms with Gasteiger partial charge in [-0.3, -0.25) is 0 Å². The maximum atomic E-state index is 14.8. The molecule has 0 saturated carbocycles. The van der Waals surface area contributed by atoms with Crippen LogP contribution in [0.1, 0.15) is 35.4 Å². The van der Waals surface area contributed by atoms with Crippen LogP contribution in [0.25, 0.3) is 16.8 Å². The van der Waals surface area contributed by atoms with Crippen molar-refractivity contribution in [3.05, 3.63) is 82.8 Å². The highest BCUT2D eigenvalue weighted by atomic mass is 35.5. The highest BCUT2D eigenvalue weighted by Crippen LogP contribution is 2.47. The molecule has 0 fully saturated rings. The minimum absolute atomic E-state index is 0.0294. The van der Waals surface area contributed by atoms with Gasteiger partial charge in [-0.05, 0) is 24.6 Å². The van der Waals surface area contributed by atoms with Crippen LogP contribution in [0.15, 0.2) is 54.9 Å². The quantitative estimate of drug-likeness (QED) is 0.430. The van der Waals surface area contributed by atoms with E-state index in [9.17, 15) is 18.3 Å². The molecule has 31 heavy (non-hydrogen) atoms. The van der Waals surface area contributed by atoms with Crippen molar-refractivity contribution in [2.24, 2.45) is 0 Å². The van der Waals surface area contributed by atoms with E-state index in [1.165, 1.54) is 18.3 Å². The topological polar surface area (TPSA) is 59.7 Å². The van der Waals surface area contributed by atoms with Crippen molar-refractivity contribution in [2.75, 3.05) is 0 Å². The number of hydrogen-bond acceptors (Lipinski definition) is 4. The third kappa shape index (κ3) is 3.41. The highest BCUT2D eigenvalue weighted by Gasteiger charge is 2.37. The lowest BCUT2D eigenvalue weighted by Gasteiger charge is -2.17. The fourth-order valence-corrected chi connectivity index (χ4v) is 4.24. The molecule has 9 heteroatoms. The van der Waals surface area contributed by atoms with E-state index in [0.717, 1.165) is 0 Å². The fourth-order valence-electron chi connectivity index (χ4n) is 4.13. The number of rotatable bonds is 4. The normalized spacial score (nSPS) is 18.0. The maximum Gasteiger partial charge on any atom is 0.387 e. The van der Waals surface area contributed by atoms with Gasteiger partial charge in [0.2, 0.25) is 0 Å². The van der Waals surface area contributed by atoms with Gasteiger partial charge in [0.25, 0.3) is 0 Å². The smallest absolute Gasteiger partial charge is 0.387 e. The summed E-state index contributed by atoms with van der Waals surface area (Å²) in [7, 11) is 0. The molecule has 4 aromatic rings. The van der Waals surface area contributed by atoms with Crippen LogP contribution in [0.4, 0.5) is 13.2 Å². The van der Waals surface area contributed by atoms with Crippen molar-refractivity contribution in [1.82, 2.24) is 14.4 Å². The minimum Gasteiger partial charge on any atom is -0.435 e. The van der Waals surface area contributed by atoms with Gasteiger partial charge >= 0.3 is 6.61 Å². The molecule has 1 aliphatic rings. The van der Waals surface area contributed by atoms with E-state index in [1.807, 2.05) is 0 Å². The largest absolute Gasteiger partial charge is 0.435 e. The molecule has 1 aromatic carbocycles. The number of aliphatic hydroxyl groups is 1. The fraction of sp³-hybridized carbons (Fsp3) is 0.182. The van der Waals surface area contributed by atoms with Gasteiger partial charge in [-0.2, -0.15) is 8.78 Å². The molecule has 3 heterocycles. The van der Waals surface area contributed by atoms with Crippen LogP contribution in [0, 0.1) is 5.82 Å². The number of fused-ring (bicyclic) bond motifs is 3. The second-order valence-corrected chi connectivity index (χ2v) is 7.62. The number of pyridine rings is 2. The van der Waals surface area contributed by atoms with Crippen molar-refractivity contribution in [1.29, 1.82) is 0 Å². The van der Waals surface area contributed by atoms with E-state index in [0.29, 0.717) is 28.2 Å². The summed E-state index contributed by atoms with van der Waals surface area (Å²) in [4.78, 5) is 8.39. The van der Waals surface area contributed by atoms with Crippen LogP contribution in [0.5, 0.6) is 5.75 Å². The Morgan fingerprint density at radius 3 is 2.74 bits per heavy atom. The van der Waals surface area contributed by atoms with Crippen molar-refractivity contribution < 1.29 is 23.0 Å². The summed E-state index contributed by atoms with van der Waals surface area (Å²) in [5.74, 6) is -0.939. The van der Waals surface area contributed by atoms with Crippen LogP contribution in [-0.2, 0) is 0 Å². The molecule has 1 N–H and O–H groups in total. The number of nitrogens with zero attached hydrogens (tertiary/aromatic N) is 3. The van der Waals surface area contributed by atoms with E-state index in [4.69, 9.17) is 16.3 Å². The van der Waals surface area contributed by atoms with E-state index >= 15 is 0 Å². The number of alkyl halides is 2. The molecule has 0 amide bonds. The molecular weight excluding hydrogens is 431 g/mol. The predicted octanol–water partition coefficient (Wildman–Crippen LogP) is 5.36. The van der Waals surface area contributed by atoms with Gasteiger partial charge in [0.05, 0.1) is 17.5 Å². The molecule has 0 spiro atoms. The van der Waals surface area contributed by atoms with Crippen LogP contribution in [0.3, 0.4) is 0 Å². The van der Waals surface area contributed by atoms with E-state index in [2.05, 4.69) is 9.97 Å². The second-order valence-electron chi connectivity index (χ2n) is 7.24. The summed E-state index contributed by atoms with van der Waals surface area (Å²) < 4.78 is 47.0. The average molecular weight is 446 g/mol. The van der Waals surface area contributed by atoms with Gasteiger partial charge in [0, 0.05) is 41.1 Å². The lowest BCUT2D eigenvalue weighted by Crippen LogP contribution is -2.08. The molecule has 1 aliphatic carbocycles. The SMILES string of the molecule is O[C@@H]1C[C@H](c2ccccc2OC(F)F)c2c1nc1cc(F)c(-c3ccc(Cl)nc3)cn21. The average Bonchev–Trinajstić information content (AvgIpc) is 3.25. The Bertz CT molecular complexity index is 1280. The lowest BCUT2D eigenvalue weighted by atomic mass is 9.95. The monoisotopic (exact) mass is 445 g/mol. The highest BCUT2D eigenvalue weighted by molar-refractivity contribution is 6.29. The number of aliphatic hydroxyl groups excluding tert-OH is 1. The minimum atomic E-state index is -2.98. The number of para-hydroxylation sites is 1. The zero-order valence-corrected chi connectivity index (χ0v) is 16.6. The lowest BCUT2D eigenvalue weighted by molar-refractivity contribution is -0.0505. The molecular formula is C22H15ClF3N3O2. The molecule has 0 saturated heterocycles. The number of hydrogen-bond donors (Lipinski definition) is 1. The summed E-state index contributed by atoms with van der Waals surface area (Å²) in [6.45, 7) is -2.98. The predicted molar refractivity (Wildman–Crippen MR) is 108 cm³/mol. The molecule has 158 valence electrons. The van der Waals surface area contributed by atoms with Gasteiger partial charge in [-0.25, -0.2) is 14.4 Å². The maximum absolute atomic E-state index is 14.8. The number of benzene rings is 1. The Labute approximate surface area is 179 Å². The van der Waals surface area contributed by atoms with Crippen molar-refractivity contribution in [2.45, 2.75) is 25.1 Å². The van der Waals surface area contributed by atoms with Crippen molar-refractivity contribution in [3.63, 3.8) is 0 Å². The van der Waals surface area contributed by atoms with Gasteiger partial charge in [0.1, 0.15) is 22.4 Å². The van der Waals surface area contributed by atoms with Gasteiger partial charge in [-0.1, -0.05) is 29.8 Å². The van der Waals surface area contributed by atoms with Crippen LogP contribution >= 0.6 is 11.6 Å². The molecule has 3 aromatic heterocycles. The van der Waals surface area contributed by atoms with Gasteiger partial charge in [-0.15, -0.1) is 0 Å². The third-order valence-electron chi connectivity index (χ3n) is 5.43. The first-order valence-electron chi connectivity index (χ1n) is 9.47. The Hall–Kier alpha value is -3.10. The second kappa shape index (κ2) is 7.55. The Balaban J connectivity index is 1.69. The molecule has 2 atom stereocenters. The van der Waals surface area contributed by atoms with Crippen molar-refractivity contribution >= 4 is 17.2 Å². The summed E-state index contributed by atoms with van der Waals surface area (Å²) in [5.41, 5.74) is 2.60. The summed E-state index contributed by atoms with van der Waals surface area (Å²) >= 11 is 5.83. The third-order valence-corrected chi connectivity index (χ3v) is 5.65. The Morgan fingerprint density at radius 2 is 2.00 bits per heavy atom. The summed E-state index contributed by atoms with van der Waals surface area (Å²) in [5, 5.41) is 10.9.